The van der Waals surface area contributed by atoms with Gasteiger partial charge in [-0.15, -0.1) is 0 Å². The van der Waals surface area contributed by atoms with E-state index in [0.717, 1.165) is 32.5 Å². The molecule has 1 aromatic carbocycles. The fourth-order valence-electron chi connectivity index (χ4n) is 2.98. The Balaban J connectivity index is 1.77. The number of ether oxygens (including phenoxy) is 2. The fourth-order valence-corrected chi connectivity index (χ4v) is 3.24. The number of benzene rings is 1. The lowest BCUT2D eigenvalue weighted by Crippen LogP contribution is -2.42. The van der Waals surface area contributed by atoms with Crippen LogP contribution in [0.3, 0.4) is 0 Å². The Morgan fingerprint density at radius 1 is 1.48 bits per heavy atom. The minimum Gasteiger partial charge on any atom is -0.454 e. The summed E-state index contributed by atoms with van der Waals surface area (Å²) in [6, 6.07) is 3.39. The van der Waals surface area contributed by atoms with Gasteiger partial charge in [0.1, 0.15) is 0 Å². The molecule has 1 aromatic rings. The molecule has 0 unspecified atom stereocenters. The first-order chi connectivity index (χ1) is 10.2. The van der Waals surface area contributed by atoms with Crippen molar-refractivity contribution in [1.82, 2.24) is 10.2 Å². The SMILES string of the molecule is CNC[C@H]1CCCN(C(=O)c2cc(Cl)c3c(c2)OCO3)C1. The molecule has 1 N–H and O–H groups in total. The molecule has 1 atom stereocenters. The van der Waals surface area contributed by atoms with Crippen molar-refractivity contribution in [2.45, 2.75) is 12.8 Å². The summed E-state index contributed by atoms with van der Waals surface area (Å²) in [4.78, 5) is 14.6. The van der Waals surface area contributed by atoms with E-state index in [1.807, 2.05) is 11.9 Å². The number of nitrogens with zero attached hydrogens (tertiary/aromatic N) is 1. The average Bonchev–Trinajstić information content (AvgIpc) is 2.96. The number of carbonyl (C=O) groups is 1. The van der Waals surface area contributed by atoms with E-state index in [-0.39, 0.29) is 12.7 Å². The van der Waals surface area contributed by atoms with Crippen LogP contribution in [0, 0.1) is 5.92 Å². The quantitative estimate of drug-likeness (QED) is 0.929. The van der Waals surface area contributed by atoms with Crippen LogP contribution in [-0.2, 0) is 0 Å². The van der Waals surface area contributed by atoms with Crippen LogP contribution in [0.2, 0.25) is 5.02 Å². The van der Waals surface area contributed by atoms with Gasteiger partial charge in [-0.25, -0.2) is 0 Å². The molecule has 0 aliphatic carbocycles. The van der Waals surface area contributed by atoms with E-state index in [9.17, 15) is 4.79 Å². The lowest BCUT2D eigenvalue weighted by atomic mass is 9.97. The maximum Gasteiger partial charge on any atom is 0.254 e. The molecule has 1 amide bonds. The van der Waals surface area contributed by atoms with Crippen molar-refractivity contribution in [3.63, 3.8) is 0 Å². The Hall–Kier alpha value is -1.46. The third-order valence-corrected chi connectivity index (χ3v) is 4.25. The highest BCUT2D eigenvalue weighted by atomic mass is 35.5. The van der Waals surface area contributed by atoms with Gasteiger partial charge in [0.25, 0.3) is 5.91 Å². The van der Waals surface area contributed by atoms with Crippen LogP contribution in [0.15, 0.2) is 12.1 Å². The Morgan fingerprint density at radius 2 is 2.33 bits per heavy atom. The predicted molar refractivity (Wildman–Crippen MR) is 80.1 cm³/mol. The zero-order chi connectivity index (χ0) is 14.8. The van der Waals surface area contributed by atoms with Crippen LogP contribution >= 0.6 is 11.6 Å². The van der Waals surface area contributed by atoms with E-state index in [1.54, 1.807) is 12.1 Å². The number of hydrogen-bond donors (Lipinski definition) is 1. The smallest absolute Gasteiger partial charge is 0.254 e. The lowest BCUT2D eigenvalue weighted by Gasteiger charge is -2.32. The molecule has 0 radical (unpaired) electrons. The van der Waals surface area contributed by atoms with E-state index in [0.29, 0.717) is 28.0 Å². The van der Waals surface area contributed by atoms with Crippen molar-refractivity contribution < 1.29 is 14.3 Å². The van der Waals surface area contributed by atoms with Crippen LogP contribution in [0.1, 0.15) is 23.2 Å². The summed E-state index contributed by atoms with van der Waals surface area (Å²) < 4.78 is 10.6. The molecule has 0 bridgehead atoms. The van der Waals surface area contributed by atoms with E-state index in [1.165, 1.54) is 0 Å². The van der Waals surface area contributed by atoms with Gasteiger partial charge in [0.15, 0.2) is 11.5 Å². The second-order valence-electron chi connectivity index (χ2n) is 5.51. The Kier molecular flexibility index (Phi) is 4.22. The molecule has 114 valence electrons. The van der Waals surface area contributed by atoms with Crippen molar-refractivity contribution in [3.05, 3.63) is 22.7 Å². The standard InChI is InChI=1S/C15H19ClN2O3/c1-17-7-10-3-2-4-18(8-10)15(19)11-5-12(16)14-13(6-11)20-9-21-14/h5-6,10,17H,2-4,7-9H2,1H3/t10-/m1/s1. The summed E-state index contributed by atoms with van der Waals surface area (Å²) in [7, 11) is 1.94. The highest BCUT2D eigenvalue weighted by Gasteiger charge is 2.26. The van der Waals surface area contributed by atoms with Crippen molar-refractivity contribution in [1.29, 1.82) is 0 Å². The summed E-state index contributed by atoms with van der Waals surface area (Å²) in [5, 5.41) is 3.61. The highest BCUT2D eigenvalue weighted by molar-refractivity contribution is 6.32. The highest BCUT2D eigenvalue weighted by Crippen LogP contribution is 2.40. The van der Waals surface area contributed by atoms with Crippen LogP contribution < -0.4 is 14.8 Å². The van der Waals surface area contributed by atoms with Gasteiger partial charge < -0.3 is 19.7 Å². The van der Waals surface area contributed by atoms with Gasteiger partial charge in [-0.3, -0.25) is 4.79 Å². The first kappa shape index (κ1) is 14.5. The maximum atomic E-state index is 12.7. The topological polar surface area (TPSA) is 50.8 Å². The van der Waals surface area contributed by atoms with Crippen LogP contribution in [0.5, 0.6) is 11.5 Å². The van der Waals surface area contributed by atoms with Gasteiger partial charge in [-0.05, 0) is 44.5 Å². The van der Waals surface area contributed by atoms with Gasteiger partial charge in [-0.1, -0.05) is 11.6 Å². The number of nitrogens with one attached hydrogen (secondary N) is 1. The summed E-state index contributed by atoms with van der Waals surface area (Å²) >= 11 is 6.15. The van der Waals surface area contributed by atoms with Crippen molar-refractivity contribution in [3.8, 4) is 11.5 Å². The van der Waals surface area contributed by atoms with Crippen molar-refractivity contribution in [2.75, 3.05) is 33.5 Å². The number of piperidine rings is 1. The second-order valence-corrected chi connectivity index (χ2v) is 5.92. The Labute approximate surface area is 129 Å². The summed E-state index contributed by atoms with van der Waals surface area (Å²) in [5.41, 5.74) is 0.564. The van der Waals surface area contributed by atoms with Gasteiger partial charge in [0, 0.05) is 18.7 Å². The fraction of sp³-hybridized carbons (Fsp3) is 0.533. The van der Waals surface area contributed by atoms with Crippen LogP contribution in [0.4, 0.5) is 0 Å². The Morgan fingerprint density at radius 3 is 3.14 bits per heavy atom. The third-order valence-electron chi connectivity index (χ3n) is 3.97. The molecule has 21 heavy (non-hydrogen) atoms. The largest absolute Gasteiger partial charge is 0.454 e. The first-order valence-electron chi connectivity index (χ1n) is 7.22. The minimum absolute atomic E-state index is 0.0102. The first-order valence-corrected chi connectivity index (χ1v) is 7.60. The average molecular weight is 311 g/mol. The second kappa shape index (κ2) is 6.12. The number of carbonyl (C=O) groups excluding carboxylic acids is 1. The molecule has 0 saturated carbocycles. The van der Waals surface area contributed by atoms with E-state index in [2.05, 4.69) is 5.32 Å². The van der Waals surface area contributed by atoms with Crippen LogP contribution in [-0.4, -0.2) is 44.3 Å². The number of halogens is 1. The lowest BCUT2D eigenvalue weighted by molar-refractivity contribution is 0.0674. The number of fused-ring (bicyclic) bond motifs is 1. The molecule has 3 rings (SSSR count). The van der Waals surface area contributed by atoms with E-state index < -0.39 is 0 Å². The predicted octanol–water partition coefficient (Wildman–Crippen LogP) is 2.14. The zero-order valence-corrected chi connectivity index (χ0v) is 12.8. The molecule has 0 aromatic heterocycles. The van der Waals surface area contributed by atoms with E-state index in [4.69, 9.17) is 21.1 Å². The molecule has 1 saturated heterocycles. The van der Waals surface area contributed by atoms with Crippen LogP contribution in [0.25, 0.3) is 0 Å². The number of amides is 1. The Bertz CT molecular complexity index is 548. The third kappa shape index (κ3) is 2.94. The molecular weight excluding hydrogens is 292 g/mol. The number of rotatable bonds is 3. The van der Waals surface area contributed by atoms with Gasteiger partial charge in [-0.2, -0.15) is 0 Å². The van der Waals surface area contributed by atoms with Gasteiger partial charge >= 0.3 is 0 Å². The molecule has 2 aliphatic heterocycles. The molecule has 2 heterocycles. The summed E-state index contributed by atoms with van der Waals surface area (Å²) in [6.07, 6.45) is 2.20. The summed E-state index contributed by atoms with van der Waals surface area (Å²) in [5.74, 6) is 1.60. The number of hydrogen-bond acceptors (Lipinski definition) is 4. The monoisotopic (exact) mass is 310 g/mol. The van der Waals surface area contributed by atoms with Crippen molar-refractivity contribution >= 4 is 17.5 Å². The zero-order valence-electron chi connectivity index (χ0n) is 12.0. The molecule has 1 fully saturated rings. The van der Waals surface area contributed by atoms with Crippen molar-refractivity contribution in [2.24, 2.45) is 5.92 Å². The molecule has 6 heteroatoms. The maximum absolute atomic E-state index is 12.7. The molecular formula is C15H19ClN2O3. The van der Waals surface area contributed by atoms with Gasteiger partial charge in [0.05, 0.1) is 5.02 Å². The molecule has 5 nitrogen and oxygen atoms in total. The molecule has 0 spiro atoms. The minimum atomic E-state index is 0.0102. The van der Waals surface area contributed by atoms with E-state index >= 15 is 0 Å². The number of likely N-dealkylation sites (tertiary alicyclic amines) is 1. The summed E-state index contributed by atoms with van der Waals surface area (Å²) in [6.45, 7) is 2.67. The normalized spacial score (nSPS) is 20.7. The molecule has 2 aliphatic rings. The van der Waals surface area contributed by atoms with Gasteiger partial charge in [0.2, 0.25) is 6.79 Å².